The quantitative estimate of drug-likeness (QED) is 0.525. The molecular formula is C20H15N3OS2. The zero-order valence-electron chi connectivity index (χ0n) is 13.8. The smallest absolute Gasteiger partial charge is 0.229 e. The topological polar surface area (TPSA) is 54.9 Å². The minimum Gasteiger partial charge on any atom is -0.326 e. The Labute approximate surface area is 159 Å². The number of pyridine rings is 1. The number of amides is 1. The van der Waals surface area contributed by atoms with Crippen LogP contribution >= 0.6 is 22.7 Å². The third-order valence-electron chi connectivity index (χ3n) is 3.77. The average molecular weight is 377 g/mol. The van der Waals surface area contributed by atoms with Crippen LogP contribution in [-0.2, 0) is 11.2 Å². The van der Waals surface area contributed by atoms with Gasteiger partial charge in [-0.25, -0.2) is 4.98 Å². The number of nitrogens with one attached hydrogen (secondary N) is 1. The number of hydrogen-bond acceptors (Lipinski definition) is 5. The molecule has 0 fully saturated rings. The van der Waals surface area contributed by atoms with E-state index in [1.165, 1.54) is 0 Å². The molecule has 0 aliphatic heterocycles. The van der Waals surface area contributed by atoms with Crippen LogP contribution in [0.1, 0.15) is 4.88 Å². The van der Waals surface area contributed by atoms with Crippen molar-refractivity contribution in [2.24, 2.45) is 0 Å². The molecule has 3 aromatic heterocycles. The first-order valence-electron chi connectivity index (χ1n) is 8.06. The van der Waals surface area contributed by atoms with Crippen molar-refractivity contribution < 1.29 is 4.79 Å². The Morgan fingerprint density at radius 1 is 1.04 bits per heavy atom. The number of anilines is 1. The van der Waals surface area contributed by atoms with Gasteiger partial charge in [0.2, 0.25) is 5.91 Å². The maximum absolute atomic E-state index is 12.2. The van der Waals surface area contributed by atoms with Crippen LogP contribution < -0.4 is 5.32 Å². The molecule has 0 spiro atoms. The van der Waals surface area contributed by atoms with Gasteiger partial charge in [-0.05, 0) is 35.7 Å². The van der Waals surface area contributed by atoms with Crippen LogP contribution in [0.25, 0.3) is 21.8 Å². The van der Waals surface area contributed by atoms with Gasteiger partial charge in [0.25, 0.3) is 0 Å². The SMILES string of the molecule is O=C(Cc1cccs1)Nc1cccc(-c2csc(-c3cccnc3)n2)c1. The monoisotopic (exact) mass is 377 g/mol. The van der Waals surface area contributed by atoms with E-state index in [9.17, 15) is 4.79 Å². The lowest BCUT2D eigenvalue weighted by Crippen LogP contribution is -2.13. The van der Waals surface area contributed by atoms with Gasteiger partial charge in [0.1, 0.15) is 5.01 Å². The van der Waals surface area contributed by atoms with Crippen LogP contribution in [0.4, 0.5) is 5.69 Å². The highest BCUT2D eigenvalue weighted by atomic mass is 32.1. The minimum absolute atomic E-state index is 0.0149. The van der Waals surface area contributed by atoms with Gasteiger partial charge >= 0.3 is 0 Å². The van der Waals surface area contributed by atoms with Crippen LogP contribution in [0.2, 0.25) is 0 Å². The molecule has 6 heteroatoms. The van der Waals surface area contributed by atoms with Crippen LogP contribution in [0.15, 0.2) is 71.7 Å². The second-order valence-corrected chi connectivity index (χ2v) is 7.56. The molecule has 26 heavy (non-hydrogen) atoms. The summed E-state index contributed by atoms with van der Waals surface area (Å²) in [6, 6.07) is 15.6. The lowest BCUT2D eigenvalue weighted by molar-refractivity contribution is -0.115. The first kappa shape index (κ1) is 16.6. The van der Waals surface area contributed by atoms with Crippen LogP contribution in [0.3, 0.4) is 0 Å². The molecule has 0 atom stereocenters. The first-order chi connectivity index (χ1) is 12.8. The van der Waals surface area contributed by atoms with E-state index in [1.807, 2.05) is 65.5 Å². The Kier molecular flexibility index (Phi) is 4.86. The Morgan fingerprint density at radius 3 is 2.77 bits per heavy atom. The molecule has 0 unspecified atom stereocenters. The maximum Gasteiger partial charge on any atom is 0.229 e. The molecule has 1 aromatic carbocycles. The molecule has 0 bridgehead atoms. The predicted molar refractivity (Wildman–Crippen MR) is 107 cm³/mol. The summed E-state index contributed by atoms with van der Waals surface area (Å²) in [7, 11) is 0. The van der Waals surface area contributed by atoms with Gasteiger partial charge in [-0.1, -0.05) is 18.2 Å². The Morgan fingerprint density at radius 2 is 1.96 bits per heavy atom. The van der Waals surface area contributed by atoms with Gasteiger partial charge in [0, 0.05) is 39.5 Å². The van der Waals surface area contributed by atoms with Crippen LogP contribution in [0.5, 0.6) is 0 Å². The van der Waals surface area contributed by atoms with Crippen molar-refractivity contribution in [3.63, 3.8) is 0 Å². The summed E-state index contributed by atoms with van der Waals surface area (Å²) in [6.07, 6.45) is 3.95. The largest absolute Gasteiger partial charge is 0.326 e. The van der Waals surface area contributed by atoms with E-state index in [0.29, 0.717) is 6.42 Å². The number of thiazole rings is 1. The Hall–Kier alpha value is -2.83. The molecule has 0 radical (unpaired) electrons. The van der Waals surface area contributed by atoms with Crippen molar-refractivity contribution in [2.75, 3.05) is 5.32 Å². The van der Waals surface area contributed by atoms with E-state index >= 15 is 0 Å². The summed E-state index contributed by atoms with van der Waals surface area (Å²) >= 11 is 3.17. The Bertz CT molecular complexity index is 1010. The van der Waals surface area contributed by atoms with Crippen LogP contribution in [0, 0.1) is 0 Å². The summed E-state index contributed by atoms with van der Waals surface area (Å²) in [5.41, 5.74) is 3.65. The lowest BCUT2D eigenvalue weighted by Gasteiger charge is -2.06. The summed E-state index contributed by atoms with van der Waals surface area (Å²) in [4.78, 5) is 22.1. The molecule has 0 saturated carbocycles. The molecule has 0 aliphatic carbocycles. The number of carbonyl (C=O) groups is 1. The fraction of sp³-hybridized carbons (Fsp3) is 0.0500. The molecule has 128 valence electrons. The lowest BCUT2D eigenvalue weighted by atomic mass is 10.1. The number of thiophene rings is 1. The van der Waals surface area contributed by atoms with Crippen molar-refractivity contribution >= 4 is 34.3 Å². The number of aromatic nitrogens is 2. The third-order valence-corrected chi connectivity index (χ3v) is 5.54. The average Bonchev–Trinajstić information content (AvgIpc) is 3.34. The van der Waals surface area contributed by atoms with Gasteiger partial charge in [0.05, 0.1) is 12.1 Å². The molecule has 4 nitrogen and oxygen atoms in total. The second-order valence-electron chi connectivity index (χ2n) is 5.66. The Balaban J connectivity index is 1.51. The normalized spacial score (nSPS) is 10.6. The van der Waals surface area contributed by atoms with Gasteiger partial charge in [-0.15, -0.1) is 22.7 Å². The highest BCUT2D eigenvalue weighted by molar-refractivity contribution is 7.13. The van der Waals surface area contributed by atoms with E-state index in [0.717, 1.165) is 32.4 Å². The zero-order valence-corrected chi connectivity index (χ0v) is 15.4. The van der Waals surface area contributed by atoms with Gasteiger partial charge in [-0.2, -0.15) is 0 Å². The summed E-state index contributed by atoms with van der Waals surface area (Å²) in [5.74, 6) is -0.0149. The molecule has 0 aliphatic rings. The van der Waals surface area contributed by atoms with Crippen molar-refractivity contribution in [1.82, 2.24) is 9.97 Å². The van der Waals surface area contributed by atoms with Crippen LogP contribution in [-0.4, -0.2) is 15.9 Å². The van der Waals surface area contributed by atoms with E-state index < -0.39 is 0 Å². The van der Waals surface area contributed by atoms with Crippen molar-refractivity contribution in [3.05, 3.63) is 76.6 Å². The van der Waals surface area contributed by atoms with Crippen molar-refractivity contribution in [2.45, 2.75) is 6.42 Å². The highest BCUT2D eigenvalue weighted by Gasteiger charge is 2.09. The molecular weight excluding hydrogens is 362 g/mol. The molecule has 4 aromatic rings. The van der Waals surface area contributed by atoms with Gasteiger partial charge in [-0.3, -0.25) is 9.78 Å². The predicted octanol–water partition coefficient (Wildman–Crippen LogP) is 5.11. The number of hydrogen-bond donors (Lipinski definition) is 1. The fourth-order valence-electron chi connectivity index (χ4n) is 2.56. The summed E-state index contributed by atoms with van der Waals surface area (Å²) in [6.45, 7) is 0. The standard InChI is InChI=1S/C20H15N3OS2/c24-19(11-17-7-3-9-25-17)22-16-6-1-4-14(10-16)18-13-26-20(23-18)15-5-2-8-21-12-15/h1-10,12-13H,11H2,(H,22,24). The van der Waals surface area contributed by atoms with Gasteiger partial charge < -0.3 is 5.32 Å². The van der Waals surface area contributed by atoms with E-state index in [-0.39, 0.29) is 5.91 Å². The maximum atomic E-state index is 12.2. The first-order valence-corrected chi connectivity index (χ1v) is 9.82. The van der Waals surface area contributed by atoms with Crippen molar-refractivity contribution in [1.29, 1.82) is 0 Å². The number of benzene rings is 1. The van der Waals surface area contributed by atoms with E-state index in [2.05, 4.69) is 10.3 Å². The second kappa shape index (κ2) is 7.59. The number of carbonyl (C=O) groups excluding carboxylic acids is 1. The summed E-state index contributed by atoms with van der Waals surface area (Å²) < 4.78 is 0. The molecule has 4 rings (SSSR count). The third kappa shape index (κ3) is 3.87. The number of nitrogens with zero attached hydrogens (tertiary/aromatic N) is 2. The zero-order chi connectivity index (χ0) is 17.8. The van der Waals surface area contributed by atoms with E-state index in [4.69, 9.17) is 4.98 Å². The molecule has 1 N–H and O–H groups in total. The minimum atomic E-state index is -0.0149. The highest BCUT2D eigenvalue weighted by Crippen LogP contribution is 2.29. The van der Waals surface area contributed by atoms with Gasteiger partial charge in [0.15, 0.2) is 0 Å². The molecule has 1 amide bonds. The molecule has 3 heterocycles. The summed E-state index contributed by atoms with van der Waals surface area (Å²) in [5, 5.41) is 7.89. The fourth-order valence-corrected chi connectivity index (χ4v) is 4.08. The van der Waals surface area contributed by atoms with E-state index in [1.54, 1.807) is 28.9 Å². The van der Waals surface area contributed by atoms with Crippen molar-refractivity contribution in [3.8, 4) is 21.8 Å². The number of rotatable bonds is 5. The molecule has 0 saturated heterocycles.